The van der Waals surface area contributed by atoms with Gasteiger partial charge in [-0.25, -0.2) is 9.18 Å². The molecule has 0 saturated carbocycles. The van der Waals surface area contributed by atoms with Crippen molar-refractivity contribution < 1.29 is 61.4 Å². The summed E-state index contributed by atoms with van der Waals surface area (Å²) in [5.41, 5.74) is 4.98. The highest BCUT2D eigenvalue weighted by Crippen LogP contribution is 2.46. The van der Waals surface area contributed by atoms with Gasteiger partial charge in [0.05, 0.1) is 24.0 Å². The number of carbonyl (C=O) groups is 5. The van der Waals surface area contributed by atoms with Crippen molar-refractivity contribution in [1.82, 2.24) is 20.9 Å². The van der Waals surface area contributed by atoms with E-state index < -0.39 is 100 Å². The van der Waals surface area contributed by atoms with Gasteiger partial charge in [0.1, 0.15) is 17.8 Å². The number of rotatable bonds is 16. The number of phenols is 1. The second-order valence-electron chi connectivity index (χ2n) is 11.3. The lowest BCUT2D eigenvalue weighted by Gasteiger charge is -2.37. The first-order valence-electron chi connectivity index (χ1n) is 14.4. The first-order chi connectivity index (χ1) is 22.2. The third kappa shape index (κ3) is 9.23. The monoisotopic (exact) mass is 689 g/mol. The van der Waals surface area contributed by atoms with Crippen LogP contribution in [0.25, 0.3) is 0 Å². The number of halogens is 5. The first kappa shape index (κ1) is 39.5. The van der Waals surface area contributed by atoms with Gasteiger partial charge in [-0.05, 0) is 43.4 Å². The van der Waals surface area contributed by atoms with Crippen molar-refractivity contribution in [3.05, 3.63) is 65.7 Å². The maximum absolute atomic E-state index is 15.9. The Morgan fingerprint density at radius 1 is 0.917 bits per heavy atom. The van der Waals surface area contributed by atoms with Crippen LogP contribution in [0.5, 0.6) is 5.75 Å². The molecule has 18 heteroatoms. The zero-order valence-corrected chi connectivity index (χ0v) is 25.9. The molecule has 0 radical (unpaired) electrons. The largest absolute Gasteiger partial charge is 0.508 e. The van der Waals surface area contributed by atoms with Crippen LogP contribution in [0.4, 0.5) is 22.1 Å². The molecule has 0 spiro atoms. The molecule has 0 saturated heterocycles. The minimum absolute atomic E-state index is 0.0508. The topological polar surface area (TPSA) is 203 Å². The van der Waals surface area contributed by atoms with E-state index in [2.05, 4.69) is 5.32 Å². The highest BCUT2D eigenvalue weighted by atomic mass is 19.4. The maximum Gasteiger partial charge on any atom is 0.365 e. The standard InChI is InChI=1S/C30H36F5N5O8/c1-16(2)13-22(27(46)47)39(28(48)30(33,40(34)35)29(31,32)19-7-5-4-6-8-19)23(43)15-37-26(45)24(17(3)41)38-25(44)21(36)14-18-9-11-20(42)12-10-18/h4-12,16-17,21-22,24,41-42H,13-15,36H2,1-3H3,(H,37,45)(H,38,44)(H,46,47)/t17-,21-,22-,24+,30+/m0/s1. The summed E-state index contributed by atoms with van der Waals surface area (Å²) in [6.45, 7) is 2.36. The van der Waals surface area contributed by atoms with E-state index in [9.17, 15) is 48.3 Å². The van der Waals surface area contributed by atoms with Gasteiger partial charge >= 0.3 is 17.7 Å². The van der Waals surface area contributed by atoms with Gasteiger partial charge in [0, 0.05) is 5.56 Å². The summed E-state index contributed by atoms with van der Waals surface area (Å²) in [7, 11) is 0. The van der Waals surface area contributed by atoms with Crippen LogP contribution < -0.4 is 16.4 Å². The van der Waals surface area contributed by atoms with Crippen molar-refractivity contribution in [3.63, 3.8) is 0 Å². The number of carboxylic acids is 1. The zero-order valence-electron chi connectivity index (χ0n) is 25.9. The molecule has 0 unspecified atom stereocenters. The Morgan fingerprint density at radius 3 is 1.96 bits per heavy atom. The fourth-order valence-corrected chi connectivity index (χ4v) is 4.50. The molecule has 5 atom stereocenters. The van der Waals surface area contributed by atoms with Crippen LogP contribution in [0.2, 0.25) is 0 Å². The number of imide groups is 1. The van der Waals surface area contributed by atoms with E-state index in [1.54, 1.807) is 0 Å². The Balaban J connectivity index is 2.38. The van der Waals surface area contributed by atoms with Gasteiger partial charge in [-0.1, -0.05) is 65.3 Å². The third-order valence-electron chi connectivity index (χ3n) is 7.05. The SMILES string of the molecule is CC(C)C[C@@H](C(=O)O)N(C(=O)CNC(=O)[C@H](NC(=O)[C@@H](N)Cc1ccc(O)cc1)[C@H](C)O)C(=O)[C@@](F)(N(F)F)C(F)(F)c1ccccc1. The number of hydrogen-bond acceptors (Lipinski definition) is 9. The van der Waals surface area contributed by atoms with Crippen LogP contribution in [-0.4, -0.2) is 91.7 Å². The van der Waals surface area contributed by atoms with Gasteiger partial charge in [-0.2, -0.15) is 8.78 Å². The highest BCUT2D eigenvalue weighted by molar-refractivity contribution is 6.04. The molecule has 48 heavy (non-hydrogen) atoms. The summed E-state index contributed by atoms with van der Waals surface area (Å²) >= 11 is 0. The Hall–Kier alpha value is -4.68. The third-order valence-corrected chi connectivity index (χ3v) is 7.05. The van der Waals surface area contributed by atoms with Crippen molar-refractivity contribution in [2.45, 2.75) is 69.6 Å². The lowest BCUT2D eigenvalue weighted by Crippen LogP contribution is -2.65. The molecule has 2 aromatic carbocycles. The number of nitrogens with two attached hydrogens (primary N) is 1. The molecule has 13 nitrogen and oxygen atoms in total. The quantitative estimate of drug-likeness (QED) is 0.0855. The number of aliphatic carboxylic acids is 1. The molecule has 0 aromatic heterocycles. The van der Waals surface area contributed by atoms with Crippen LogP contribution in [0.15, 0.2) is 54.6 Å². The van der Waals surface area contributed by atoms with Crippen LogP contribution in [0, 0.1) is 5.92 Å². The molecule has 7 N–H and O–H groups in total. The van der Waals surface area contributed by atoms with Gasteiger partial charge < -0.3 is 31.7 Å². The van der Waals surface area contributed by atoms with Crippen molar-refractivity contribution in [2.24, 2.45) is 11.7 Å². The Labute approximate surface area is 271 Å². The normalized spacial score (nSPS) is 15.5. The summed E-state index contributed by atoms with van der Waals surface area (Å²) in [5, 5.41) is 30.5. The van der Waals surface area contributed by atoms with Crippen molar-refractivity contribution in [3.8, 4) is 5.75 Å². The van der Waals surface area contributed by atoms with Gasteiger partial charge in [0.15, 0.2) is 0 Å². The van der Waals surface area contributed by atoms with E-state index in [1.807, 2.05) is 5.32 Å². The average Bonchev–Trinajstić information content (AvgIpc) is 3.02. The predicted octanol–water partition coefficient (Wildman–Crippen LogP) is 1.63. The van der Waals surface area contributed by atoms with Crippen LogP contribution in [0.1, 0.15) is 38.3 Å². The molecular weight excluding hydrogens is 653 g/mol. The van der Waals surface area contributed by atoms with Crippen molar-refractivity contribution >= 4 is 29.6 Å². The molecule has 264 valence electrons. The van der Waals surface area contributed by atoms with E-state index in [1.165, 1.54) is 44.2 Å². The Morgan fingerprint density at radius 2 is 1.48 bits per heavy atom. The number of nitrogens with zero attached hydrogens (tertiary/aromatic N) is 2. The fourth-order valence-electron chi connectivity index (χ4n) is 4.50. The second-order valence-corrected chi connectivity index (χ2v) is 11.3. The number of aliphatic hydroxyl groups is 1. The fraction of sp³-hybridized carbons (Fsp3) is 0.433. The number of hydrogen-bond donors (Lipinski definition) is 6. The van der Waals surface area contributed by atoms with Gasteiger partial charge in [-0.15, -0.1) is 0 Å². The molecule has 4 amide bonds. The number of amides is 4. The number of aromatic hydroxyl groups is 1. The summed E-state index contributed by atoms with van der Waals surface area (Å²) < 4.78 is 74.6. The Kier molecular flexibility index (Phi) is 13.5. The number of aliphatic hydroxyl groups excluding tert-OH is 1. The van der Waals surface area contributed by atoms with Gasteiger partial charge in [0.2, 0.25) is 17.7 Å². The Bertz CT molecular complexity index is 1450. The van der Waals surface area contributed by atoms with E-state index in [0.717, 1.165) is 19.1 Å². The maximum atomic E-state index is 15.9. The molecule has 2 rings (SSSR count). The first-order valence-corrected chi connectivity index (χ1v) is 14.4. The lowest BCUT2D eigenvalue weighted by molar-refractivity contribution is -0.337. The summed E-state index contributed by atoms with van der Waals surface area (Å²) in [6.07, 6.45) is -2.44. The highest BCUT2D eigenvalue weighted by Gasteiger charge is 2.70. The summed E-state index contributed by atoms with van der Waals surface area (Å²) in [5.74, 6) is -20.9. The van der Waals surface area contributed by atoms with E-state index in [0.29, 0.717) is 17.7 Å². The minimum atomic E-state index is -5.61. The molecule has 0 fully saturated rings. The van der Waals surface area contributed by atoms with Crippen molar-refractivity contribution in [2.75, 3.05) is 6.54 Å². The molecule has 0 bridgehead atoms. The molecular formula is C30H36F5N5O8. The molecule has 0 aliphatic rings. The van der Waals surface area contributed by atoms with Gasteiger partial charge in [0.25, 0.3) is 5.91 Å². The molecule has 2 aromatic rings. The second kappa shape index (κ2) is 16.4. The van der Waals surface area contributed by atoms with E-state index in [-0.39, 0.29) is 12.2 Å². The average molecular weight is 690 g/mol. The molecule has 0 aliphatic heterocycles. The minimum Gasteiger partial charge on any atom is -0.508 e. The number of nitrogens with one attached hydrogen (secondary N) is 2. The number of phenolic OH excluding ortho intramolecular Hbond substituents is 1. The molecule has 0 heterocycles. The zero-order chi connectivity index (χ0) is 36.6. The van der Waals surface area contributed by atoms with E-state index >= 15 is 13.2 Å². The van der Waals surface area contributed by atoms with Gasteiger partial charge in [-0.3, -0.25) is 24.1 Å². The number of benzene rings is 2. The summed E-state index contributed by atoms with van der Waals surface area (Å²) in [6, 6.07) is 4.15. The van der Waals surface area contributed by atoms with Crippen LogP contribution in [-0.2, 0) is 36.3 Å². The molecule has 0 aliphatic carbocycles. The number of carboxylic acid groups (broad SMARTS) is 1. The number of alkyl halides is 3. The number of carbonyl (C=O) groups excluding carboxylic acids is 4. The van der Waals surface area contributed by atoms with E-state index in [4.69, 9.17) is 5.73 Å². The lowest BCUT2D eigenvalue weighted by atomic mass is 9.95. The summed E-state index contributed by atoms with van der Waals surface area (Å²) in [4.78, 5) is 63.7. The predicted molar refractivity (Wildman–Crippen MR) is 157 cm³/mol. The van der Waals surface area contributed by atoms with Crippen LogP contribution in [0.3, 0.4) is 0 Å². The van der Waals surface area contributed by atoms with Crippen LogP contribution >= 0.6 is 0 Å². The smallest absolute Gasteiger partial charge is 0.365 e. The van der Waals surface area contributed by atoms with Crippen molar-refractivity contribution in [1.29, 1.82) is 0 Å².